The lowest BCUT2D eigenvalue weighted by atomic mass is 9.81. The third kappa shape index (κ3) is 3.25. The van der Waals surface area contributed by atoms with Gasteiger partial charge in [0.05, 0.1) is 25.0 Å². The first-order valence-electron chi connectivity index (χ1n) is 9.12. The highest BCUT2D eigenvalue weighted by Gasteiger charge is 2.48. The number of amides is 1. The Bertz CT molecular complexity index is 854. The maximum Gasteiger partial charge on any atom is 0.255 e. The van der Waals surface area contributed by atoms with Crippen LogP contribution in [-0.4, -0.2) is 50.1 Å². The Hall–Kier alpha value is -2.61. The minimum absolute atomic E-state index is 0.0491. The molecule has 1 saturated carbocycles. The van der Waals surface area contributed by atoms with Crippen LogP contribution < -0.4 is 0 Å². The van der Waals surface area contributed by atoms with Crippen LogP contribution in [0.25, 0.3) is 5.82 Å². The fourth-order valence-electron chi connectivity index (χ4n) is 3.81. The molecule has 3 heterocycles. The van der Waals surface area contributed by atoms with E-state index in [0.717, 1.165) is 11.8 Å². The highest BCUT2D eigenvalue weighted by atomic mass is 19.1. The topological polar surface area (TPSA) is 77.3 Å². The average molecular weight is 372 g/mol. The number of hydrogen-bond donors (Lipinski definition) is 0. The van der Waals surface area contributed by atoms with Crippen molar-refractivity contribution < 1.29 is 18.7 Å². The Balaban J connectivity index is 1.52. The van der Waals surface area contributed by atoms with E-state index < -0.39 is 11.4 Å². The first kappa shape index (κ1) is 17.8. The lowest BCUT2D eigenvalue weighted by Gasteiger charge is -2.45. The van der Waals surface area contributed by atoms with Crippen molar-refractivity contribution in [2.24, 2.45) is 0 Å². The van der Waals surface area contributed by atoms with Gasteiger partial charge in [0.1, 0.15) is 11.4 Å². The number of pyridine rings is 1. The Labute approximate surface area is 156 Å². The normalized spacial score (nSPS) is 20.9. The van der Waals surface area contributed by atoms with Crippen molar-refractivity contribution in [3.8, 4) is 5.82 Å². The minimum Gasteiger partial charge on any atom is -0.363 e. The van der Waals surface area contributed by atoms with Gasteiger partial charge < -0.3 is 9.64 Å². The maximum atomic E-state index is 13.1. The standard InChI is InChI=1S/C19H21FN4O3/c1-13(14-2-3-17(21-10-14)24-12-15(20)11-22-24)23-8-9-27-19(18(23)26)6-4-16(25)5-7-19/h2-3,10-13H,4-9H2,1H3. The number of rotatable bonds is 3. The van der Waals surface area contributed by atoms with E-state index in [2.05, 4.69) is 10.1 Å². The van der Waals surface area contributed by atoms with Crippen molar-refractivity contribution in [2.75, 3.05) is 13.2 Å². The van der Waals surface area contributed by atoms with Gasteiger partial charge in [0, 0.05) is 25.6 Å². The van der Waals surface area contributed by atoms with E-state index in [1.165, 1.54) is 10.9 Å². The van der Waals surface area contributed by atoms with Crippen molar-refractivity contribution in [2.45, 2.75) is 44.2 Å². The van der Waals surface area contributed by atoms with Crippen molar-refractivity contribution in [1.82, 2.24) is 19.7 Å². The van der Waals surface area contributed by atoms with E-state index in [9.17, 15) is 14.0 Å². The lowest BCUT2D eigenvalue weighted by molar-refractivity contribution is -0.181. The molecule has 27 heavy (non-hydrogen) atoms. The van der Waals surface area contributed by atoms with Gasteiger partial charge in [0.25, 0.3) is 5.91 Å². The molecule has 1 atom stereocenters. The van der Waals surface area contributed by atoms with E-state index in [4.69, 9.17) is 4.74 Å². The monoisotopic (exact) mass is 372 g/mol. The zero-order valence-electron chi connectivity index (χ0n) is 15.1. The van der Waals surface area contributed by atoms with E-state index >= 15 is 0 Å². The summed E-state index contributed by atoms with van der Waals surface area (Å²) >= 11 is 0. The molecule has 1 aliphatic carbocycles. The van der Waals surface area contributed by atoms with Crippen molar-refractivity contribution >= 4 is 11.7 Å². The molecule has 2 aromatic heterocycles. The molecule has 7 nitrogen and oxygen atoms in total. The van der Waals surface area contributed by atoms with E-state index in [0.29, 0.717) is 44.7 Å². The molecule has 0 aromatic carbocycles. The first-order chi connectivity index (χ1) is 13.0. The number of nitrogens with zero attached hydrogens (tertiary/aromatic N) is 4. The minimum atomic E-state index is -0.861. The molecule has 1 amide bonds. The van der Waals surface area contributed by atoms with Gasteiger partial charge in [-0.1, -0.05) is 6.07 Å². The summed E-state index contributed by atoms with van der Waals surface area (Å²) in [4.78, 5) is 30.8. The molecule has 0 N–H and O–H groups in total. The molecular formula is C19H21FN4O3. The van der Waals surface area contributed by atoms with Crippen LogP contribution >= 0.6 is 0 Å². The lowest BCUT2D eigenvalue weighted by Crippen LogP contribution is -2.58. The zero-order chi connectivity index (χ0) is 19.0. The summed E-state index contributed by atoms with van der Waals surface area (Å²) in [6.07, 6.45) is 5.75. The molecule has 142 valence electrons. The average Bonchev–Trinajstić information content (AvgIpc) is 3.12. The predicted molar refractivity (Wildman–Crippen MR) is 93.6 cm³/mol. The van der Waals surface area contributed by atoms with Crippen molar-refractivity contribution in [3.05, 3.63) is 42.1 Å². The summed E-state index contributed by atoms with van der Waals surface area (Å²) in [6, 6.07) is 3.44. The molecule has 2 aliphatic rings. The number of aromatic nitrogens is 3. The van der Waals surface area contributed by atoms with Crippen LogP contribution in [0.4, 0.5) is 4.39 Å². The quantitative estimate of drug-likeness (QED) is 0.826. The molecule has 4 rings (SSSR count). The zero-order valence-corrected chi connectivity index (χ0v) is 15.1. The molecule has 8 heteroatoms. The summed E-state index contributed by atoms with van der Waals surface area (Å²) in [7, 11) is 0. The molecule has 0 radical (unpaired) electrons. The predicted octanol–water partition coefficient (Wildman–Crippen LogP) is 2.21. The number of ketones is 1. The Kier molecular flexibility index (Phi) is 4.51. The van der Waals surface area contributed by atoms with Crippen molar-refractivity contribution in [1.29, 1.82) is 0 Å². The Morgan fingerprint density at radius 2 is 2.00 bits per heavy atom. The number of carbonyl (C=O) groups excluding carboxylic acids is 2. The molecular weight excluding hydrogens is 351 g/mol. The third-order valence-electron chi connectivity index (χ3n) is 5.48. The second-order valence-corrected chi connectivity index (χ2v) is 7.11. The van der Waals surface area contributed by atoms with Gasteiger partial charge in [-0.15, -0.1) is 0 Å². The van der Waals surface area contributed by atoms with Gasteiger partial charge in [-0.25, -0.2) is 14.1 Å². The summed E-state index contributed by atoms with van der Waals surface area (Å²) in [6.45, 7) is 2.92. The summed E-state index contributed by atoms with van der Waals surface area (Å²) < 4.78 is 20.3. The third-order valence-corrected chi connectivity index (χ3v) is 5.48. The smallest absolute Gasteiger partial charge is 0.255 e. The number of Topliss-reactive ketones (excluding diaryl/α,β-unsaturated/α-hetero) is 1. The molecule has 0 bridgehead atoms. The largest absolute Gasteiger partial charge is 0.363 e. The highest BCUT2D eigenvalue weighted by Crippen LogP contribution is 2.37. The van der Waals surface area contributed by atoms with Crippen LogP contribution in [0.5, 0.6) is 0 Å². The van der Waals surface area contributed by atoms with Crippen molar-refractivity contribution in [3.63, 3.8) is 0 Å². The van der Waals surface area contributed by atoms with Gasteiger partial charge >= 0.3 is 0 Å². The van der Waals surface area contributed by atoms with Crippen LogP contribution in [0.2, 0.25) is 0 Å². The van der Waals surface area contributed by atoms with Crippen LogP contribution in [-0.2, 0) is 14.3 Å². The second kappa shape index (κ2) is 6.84. The van der Waals surface area contributed by atoms with E-state index in [-0.39, 0.29) is 17.7 Å². The molecule has 1 aliphatic heterocycles. The second-order valence-electron chi connectivity index (χ2n) is 7.11. The number of halogens is 1. The first-order valence-corrected chi connectivity index (χ1v) is 9.12. The molecule has 2 aromatic rings. The van der Waals surface area contributed by atoms with Gasteiger partial charge in [-0.3, -0.25) is 9.59 Å². The molecule has 1 spiro atoms. The summed E-state index contributed by atoms with van der Waals surface area (Å²) in [5.74, 6) is 0.221. The summed E-state index contributed by atoms with van der Waals surface area (Å²) in [5, 5.41) is 3.90. The van der Waals surface area contributed by atoms with Crippen LogP contribution in [0.1, 0.15) is 44.2 Å². The molecule has 1 unspecified atom stereocenters. The van der Waals surface area contributed by atoms with Gasteiger partial charge in [0.15, 0.2) is 11.6 Å². The van der Waals surface area contributed by atoms with Crippen LogP contribution in [0.15, 0.2) is 30.7 Å². The number of carbonyl (C=O) groups is 2. The fourth-order valence-corrected chi connectivity index (χ4v) is 3.81. The summed E-state index contributed by atoms with van der Waals surface area (Å²) in [5.41, 5.74) is 0.0177. The highest BCUT2D eigenvalue weighted by molar-refractivity contribution is 5.90. The maximum absolute atomic E-state index is 13.1. The number of morpholine rings is 1. The van der Waals surface area contributed by atoms with Gasteiger partial charge in [0.2, 0.25) is 0 Å². The van der Waals surface area contributed by atoms with Crippen LogP contribution in [0.3, 0.4) is 0 Å². The number of hydrogen-bond acceptors (Lipinski definition) is 5. The Morgan fingerprint density at radius 1 is 1.22 bits per heavy atom. The Morgan fingerprint density at radius 3 is 2.63 bits per heavy atom. The SMILES string of the molecule is CC(c1ccc(-n2cc(F)cn2)nc1)N1CCOC2(CCC(=O)CC2)C1=O. The molecule has 2 fully saturated rings. The van der Waals surface area contributed by atoms with Gasteiger partial charge in [-0.05, 0) is 31.4 Å². The van der Waals surface area contributed by atoms with E-state index in [1.54, 1.807) is 12.3 Å². The number of ether oxygens (including phenoxy) is 1. The molecule has 1 saturated heterocycles. The fraction of sp³-hybridized carbons (Fsp3) is 0.474. The van der Waals surface area contributed by atoms with Crippen LogP contribution in [0, 0.1) is 5.82 Å². The van der Waals surface area contributed by atoms with Gasteiger partial charge in [-0.2, -0.15) is 5.10 Å². The van der Waals surface area contributed by atoms with E-state index in [1.807, 2.05) is 17.9 Å².